The van der Waals surface area contributed by atoms with E-state index in [0.717, 1.165) is 43.0 Å². The van der Waals surface area contributed by atoms with Crippen LogP contribution < -0.4 is 4.90 Å². The van der Waals surface area contributed by atoms with Crippen LogP contribution in [0.4, 0.5) is 5.69 Å². The van der Waals surface area contributed by atoms with Crippen molar-refractivity contribution in [2.45, 2.75) is 26.4 Å². The highest BCUT2D eigenvalue weighted by Gasteiger charge is 2.27. The molecule has 0 spiro atoms. The van der Waals surface area contributed by atoms with Crippen LogP contribution in [-0.2, 0) is 11.3 Å². The monoisotopic (exact) mass is 379 g/mol. The second-order valence-corrected chi connectivity index (χ2v) is 7.48. The minimum atomic E-state index is -0.129. The average molecular weight is 380 g/mol. The van der Waals surface area contributed by atoms with Crippen molar-refractivity contribution in [3.8, 4) is 0 Å². The van der Waals surface area contributed by atoms with Crippen molar-refractivity contribution >= 4 is 17.4 Å². The highest BCUT2D eigenvalue weighted by Crippen LogP contribution is 2.19. The summed E-state index contributed by atoms with van der Waals surface area (Å²) in [6, 6.07) is 17.7. The van der Waals surface area contributed by atoms with Crippen LogP contribution in [0.5, 0.6) is 0 Å². The molecule has 0 saturated carbocycles. The third-order valence-electron chi connectivity index (χ3n) is 5.50. The van der Waals surface area contributed by atoms with Gasteiger partial charge in [-0.15, -0.1) is 0 Å². The van der Waals surface area contributed by atoms with Crippen LogP contribution >= 0.6 is 0 Å². The molecule has 0 N–H and O–H groups in total. The Labute approximate surface area is 167 Å². The highest BCUT2D eigenvalue weighted by molar-refractivity contribution is 5.94. The van der Waals surface area contributed by atoms with E-state index in [2.05, 4.69) is 9.80 Å². The summed E-state index contributed by atoms with van der Waals surface area (Å²) in [4.78, 5) is 30.6. The first kappa shape index (κ1) is 20.1. The summed E-state index contributed by atoms with van der Waals surface area (Å²) in [5.41, 5.74) is 3.01. The zero-order valence-electron chi connectivity index (χ0n) is 17.0. The molecule has 148 valence electrons. The molecule has 0 unspecified atom stereocenters. The van der Waals surface area contributed by atoms with E-state index in [1.165, 1.54) is 0 Å². The van der Waals surface area contributed by atoms with Gasteiger partial charge in [-0.1, -0.05) is 30.3 Å². The molecule has 5 nitrogen and oxygen atoms in total. The molecule has 3 rings (SSSR count). The lowest BCUT2D eigenvalue weighted by molar-refractivity contribution is -0.135. The lowest BCUT2D eigenvalue weighted by Gasteiger charge is -2.39. The van der Waals surface area contributed by atoms with Gasteiger partial charge in [0.2, 0.25) is 5.91 Å². The number of piperazine rings is 1. The third kappa shape index (κ3) is 4.78. The second-order valence-electron chi connectivity index (χ2n) is 7.48. The summed E-state index contributed by atoms with van der Waals surface area (Å²) in [5, 5.41) is 0. The molecule has 1 heterocycles. The van der Waals surface area contributed by atoms with Crippen LogP contribution in [0.25, 0.3) is 0 Å². The molecule has 0 aliphatic carbocycles. The number of ketones is 1. The van der Waals surface area contributed by atoms with Crippen molar-refractivity contribution in [2.24, 2.45) is 0 Å². The first-order chi connectivity index (χ1) is 13.5. The van der Waals surface area contributed by atoms with Gasteiger partial charge in [0.1, 0.15) is 0 Å². The number of hydrogen-bond acceptors (Lipinski definition) is 4. The molecule has 0 radical (unpaired) electrons. The van der Waals surface area contributed by atoms with Crippen LogP contribution in [-0.4, -0.2) is 60.8 Å². The summed E-state index contributed by atoms with van der Waals surface area (Å²) in [6.07, 6.45) is 0. The number of carbonyl (C=O) groups is 2. The second kappa shape index (κ2) is 9.02. The molecular weight excluding hydrogens is 350 g/mol. The molecule has 1 aliphatic rings. The smallest absolute Gasteiger partial charge is 0.239 e. The Morgan fingerprint density at radius 2 is 1.57 bits per heavy atom. The summed E-state index contributed by atoms with van der Waals surface area (Å²) in [5.74, 6) is 0.242. The maximum Gasteiger partial charge on any atom is 0.239 e. The van der Waals surface area contributed by atoms with Gasteiger partial charge in [-0.25, -0.2) is 0 Å². The van der Waals surface area contributed by atoms with E-state index in [1.54, 1.807) is 6.92 Å². The fourth-order valence-electron chi connectivity index (χ4n) is 3.68. The van der Waals surface area contributed by atoms with Gasteiger partial charge in [-0.3, -0.25) is 14.5 Å². The average Bonchev–Trinajstić information content (AvgIpc) is 2.73. The van der Waals surface area contributed by atoms with Gasteiger partial charge < -0.3 is 9.80 Å². The molecule has 2 aromatic rings. The molecule has 28 heavy (non-hydrogen) atoms. The van der Waals surface area contributed by atoms with Crippen LogP contribution in [0.1, 0.15) is 29.8 Å². The fourth-order valence-corrected chi connectivity index (χ4v) is 3.68. The van der Waals surface area contributed by atoms with E-state index in [1.807, 2.05) is 73.5 Å². The molecule has 1 fully saturated rings. The minimum absolute atomic E-state index is 0.0864. The predicted octanol–water partition coefficient (Wildman–Crippen LogP) is 3.06. The van der Waals surface area contributed by atoms with Gasteiger partial charge in [-0.05, 0) is 43.7 Å². The van der Waals surface area contributed by atoms with Crippen molar-refractivity contribution in [1.29, 1.82) is 0 Å². The molecule has 1 saturated heterocycles. The Kier molecular flexibility index (Phi) is 6.47. The number of anilines is 1. The lowest BCUT2D eigenvalue weighted by atomic mass is 10.1. The summed E-state index contributed by atoms with van der Waals surface area (Å²) in [7, 11) is 1.87. The lowest BCUT2D eigenvalue weighted by Crippen LogP contribution is -2.54. The van der Waals surface area contributed by atoms with E-state index in [0.29, 0.717) is 6.54 Å². The Balaban J connectivity index is 1.53. The van der Waals surface area contributed by atoms with Gasteiger partial charge in [0.05, 0.1) is 6.04 Å². The molecule has 1 amide bonds. The Hall–Kier alpha value is -2.66. The Morgan fingerprint density at radius 1 is 0.964 bits per heavy atom. The van der Waals surface area contributed by atoms with Gasteiger partial charge in [-0.2, -0.15) is 0 Å². The van der Waals surface area contributed by atoms with E-state index >= 15 is 0 Å². The molecule has 5 heteroatoms. The quantitative estimate of drug-likeness (QED) is 0.724. The van der Waals surface area contributed by atoms with Crippen LogP contribution in [0.2, 0.25) is 0 Å². The van der Waals surface area contributed by atoms with Crippen molar-refractivity contribution in [3.63, 3.8) is 0 Å². The first-order valence-electron chi connectivity index (χ1n) is 9.84. The molecule has 0 aromatic heterocycles. The molecular formula is C23H29N3O2. The fraction of sp³-hybridized carbons (Fsp3) is 0.391. The zero-order valence-corrected chi connectivity index (χ0v) is 17.0. The molecule has 0 bridgehead atoms. The summed E-state index contributed by atoms with van der Waals surface area (Å²) in [6.45, 7) is 7.66. The summed E-state index contributed by atoms with van der Waals surface area (Å²) >= 11 is 0. The number of Topliss-reactive ketones (excluding diaryl/α,β-unsaturated/α-hetero) is 1. The van der Waals surface area contributed by atoms with Crippen LogP contribution in [0.15, 0.2) is 54.6 Å². The highest BCUT2D eigenvalue weighted by atomic mass is 16.2. The van der Waals surface area contributed by atoms with Gasteiger partial charge >= 0.3 is 0 Å². The van der Waals surface area contributed by atoms with Crippen molar-refractivity contribution in [1.82, 2.24) is 9.80 Å². The number of nitrogens with zero attached hydrogens (tertiary/aromatic N) is 3. The number of rotatable bonds is 6. The molecule has 2 aromatic carbocycles. The van der Waals surface area contributed by atoms with E-state index < -0.39 is 0 Å². The SMILES string of the molecule is CC(=O)c1ccc(N2CCN([C@@H](C)C(=O)N(C)Cc3ccccc3)CC2)cc1. The van der Waals surface area contributed by atoms with Gasteiger partial charge in [0.25, 0.3) is 0 Å². The van der Waals surface area contributed by atoms with Gasteiger partial charge in [0, 0.05) is 51.0 Å². The maximum absolute atomic E-state index is 12.8. The van der Waals surface area contributed by atoms with Gasteiger partial charge in [0.15, 0.2) is 5.78 Å². The van der Waals surface area contributed by atoms with Crippen molar-refractivity contribution in [2.75, 3.05) is 38.1 Å². The normalized spacial score (nSPS) is 15.9. The largest absolute Gasteiger partial charge is 0.369 e. The maximum atomic E-state index is 12.8. The third-order valence-corrected chi connectivity index (χ3v) is 5.50. The zero-order chi connectivity index (χ0) is 20.1. The van der Waals surface area contributed by atoms with Crippen LogP contribution in [0, 0.1) is 0 Å². The van der Waals surface area contributed by atoms with Crippen molar-refractivity contribution in [3.05, 3.63) is 65.7 Å². The van der Waals surface area contributed by atoms with E-state index in [-0.39, 0.29) is 17.7 Å². The van der Waals surface area contributed by atoms with Crippen molar-refractivity contribution < 1.29 is 9.59 Å². The predicted molar refractivity (Wildman–Crippen MR) is 113 cm³/mol. The summed E-state index contributed by atoms with van der Waals surface area (Å²) < 4.78 is 0. The number of carbonyl (C=O) groups excluding carboxylic acids is 2. The van der Waals surface area contributed by atoms with E-state index in [9.17, 15) is 9.59 Å². The molecule has 1 atom stereocenters. The number of hydrogen-bond donors (Lipinski definition) is 0. The molecule has 1 aliphatic heterocycles. The first-order valence-corrected chi connectivity index (χ1v) is 9.84. The number of amides is 1. The number of likely N-dealkylation sites (N-methyl/N-ethyl adjacent to an activating group) is 1. The topological polar surface area (TPSA) is 43.9 Å². The Morgan fingerprint density at radius 3 is 2.14 bits per heavy atom. The Bertz CT molecular complexity index is 796. The van der Waals surface area contributed by atoms with Crippen LogP contribution in [0.3, 0.4) is 0 Å². The van der Waals surface area contributed by atoms with E-state index in [4.69, 9.17) is 0 Å². The number of benzene rings is 2. The minimum Gasteiger partial charge on any atom is -0.369 e. The standard InChI is InChI=1S/C23H29N3O2/c1-18(23(28)24(3)17-20-7-5-4-6-8-20)25-13-15-26(16-14-25)22-11-9-21(10-12-22)19(2)27/h4-12,18H,13-17H2,1-3H3/t18-/m0/s1.